The zero-order chi connectivity index (χ0) is 24.8. The highest BCUT2D eigenvalue weighted by molar-refractivity contribution is 8.00. The molecule has 3 aromatic rings. The van der Waals surface area contributed by atoms with E-state index >= 15 is 0 Å². The van der Waals surface area contributed by atoms with Crippen LogP contribution in [0.1, 0.15) is 38.7 Å². The van der Waals surface area contributed by atoms with Gasteiger partial charge in [-0.25, -0.2) is 4.98 Å². The molecule has 1 aliphatic heterocycles. The van der Waals surface area contributed by atoms with Gasteiger partial charge < -0.3 is 15.0 Å². The topological polar surface area (TPSA) is 76.5 Å². The Hall–Kier alpha value is -2.84. The number of morpholine rings is 1. The lowest BCUT2D eigenvalue weighted by molar-refractivity contribution is -0.115. The van der Waals surface area contributed by atoms with Gasteiger partial charge in [-0.2, -0.15) is 0 Å². The first-order valence-electron chi connectivity index (χ1n) is 12.4. The molecule has 0 saturated carbocycles. The standard InChI is InChI=1S/C27H34N4O3S/c1-4-6-12-31-26(33)22-18-21(30-13-15-34-16-14-30)10-11-23(22)29-27(31)35-24(5-2)25(32)28-20-9-7-8-19(3)17-20/h7-11,17-18,24H,4-6,12-16H2,1-3H3,(H,28,32)/t24-/m1/s1. The van der Waals surface area contributed by atoms with E-state index in [0.717, 1.165) is 42.9 Å². The Kier molecular flexibility index (Phi) is 8.46. The number of aromatic nitrogens is 2. The summed E-state index contributed by atoms with van der Waals surface area (Å²) in [6.45, 7) is 9.67. The van der Waals surface area contributed by atoms with Gasteiger partial charge in [0, 0.05) is 31.0 Å². The van der Waals surface area contributed by atoms with Crippen molar-refractivity contribution in [1.82, 2.24) is 9.55 Å². The summed E-state index contributed by atoms with van der Waals surface area (Å²) >= 11 is 1.37. The first-order chi connectivity index (χ1) is 17.0. The van der Waals surface area contributed by atoms with Gasteiger partial charge in [0.1, 0.15) is 0 Å². The van der Waals surface area contributed by atoms with Crippen molar-refractivity contribution in [2.75, 3.05) is 36.5 Å². The third kappa shape index (κ3) is 6.05. The molecule has 35 heavy (non-hydrogen) atoms. The van der Waals surface area contributed by atoms with Crippen LogP contribution in [0.15, 0.2) is 52.4 Å². The number of ether oxygens (including phenoxy) is 1. The van der Waals surface area contributed by atoms with Gasteiger partial charge in [0.25, 0.3) is 5.56 Å². The molecule has 0 spiro atoms. The largest absolute Gasteiger partial charge is 0.378 e. The van der Waals surface area contributed by atoms with E-state index in [-0.39, 0.29) is 16.7 Å². The Balaban J connectivity index is 1.65. The Labute approximate surface area is 210 Å². The van der Waals surface area contributed by atoms with Crippen LogP contribution in [0, 0.1) is 6.92 Å². The zero-order valence-electron chi connectivity index (χ0n) is 20.8. The third-order valence-corrected chi connectivity index (χ3v) is 7.57. The SMILES string of the molecule is CCCCn1c(S[C@H](CC)C(=O)Nc2cccc(C)c2)nc2ccc(N3CCOCC3)cc2c1=O. The maximum Gasteiger partial charge on any atom is 0.262 e. The molecule has 0 unspecified atom stereocenters. The van der Waals surface area contributed by atoms with E-state index in [0.29, 0.717) is 42.2 Å². The van der Waals surface area contributed by atoms with Crippen molar-refractivity contribution in [3.05, 3.63) is 58.4 Å². The lowest BCUT2D eigenvalue weighted by atomic mass is 10.2. The first-order valence-corrected chi connectivity index (χ1v) is 13.3. The molecule has 1 N–H and O–H groups in total. The van der Waals surface area contributed by atoms with Gasteiger partial charge in [0.05, 0.1) is 29.4 Å². The number of carbonyl (C=O) groups excluding carboxylic acids is 1. The minimum absolute atomic E-state index is 0.0463. The maximum absolute atomic E-state index is 13.6. The summed E-state index contributed by atoms with van der Waals surface area (Å²) in [4.78, 5) is 33.8. The van der Waals surface area contributed by atoms with Crippen LogP contribution in [0.2, 0.25) is 0 Å². The Morgan fingerprint density at radius 3 is 2.69 bits per heavy atom. The molecule has 2 heterocycles. The highest BCUT2D eigenvalue weighted by atomic mass is 32.2. The average Bonchev–Trinajstić information content (AvgIpc) is 2.87. The van der Waals surface area contributed by atoms with Crippen LogP contribution >= 0.6 is 11.8 Å². The zero-order valence-corrected chi connectivity index (χ0v) is 21.6. The number of anilines is 2. The predicted molar refractivity (Wildman–Crippen MR) is 144 cm³/mol. The lowest BCUT2D eigenvalue weighted by Crippen LogP contribution is -2.36. The number of hydrogen-bond donors (Lipinski definition) is 1. The van der Waals surface area contributed by atoms with Crippen LogP contribution < -0.4 is 15.8 Å². The summed E-state index contributed by atoms with van der Waals surface area (Å²) in [6.07, 6.45) is 2.46. The van der Waals surface area contributed by atoms with Crippen molar-refractivity contribution < 1.29 is 9.53 Å². The summed E-state index contributed by atoms with van der Waals surface area (Å²) in [6, 6.07) is 13.7. The molecule has 0 aliphatic carbocycles. The van der Waals surface area contributed by atoms with Gasteiger partial charge in [-0.15, -0.1) is 0 Å². The highest BCUT2D eigenvalue weighted by Crippen LogP contribution is 2.28. The second-order valence-corrected chi connectivity index (χ2v) is 10.0. The molecule has 1 amide bonds. The van der Waals surface area contributed by atoms with E-state index in [9.17, 15) is 9.59 Å². The molecule has 0 radical (unpaired) electrons. The number of carbonyl (C=O) groups is 1. The molecule has 1 fully saturated rings. The monoisotopic (exact) mass is 494 g/mol. The highest BCUT2D eigenvalue weighted by Gasteiger charge is 2.23. The average molecular weight is 495 g/mol. The van der Waals surface area contributed by atoms with Crippen molar-refractivity contribution in [3.8, 4) is 0 Å². The number of rotatable bonds is 9. The molecule has 1 aliphatic rings. The fourth-order valence-electron chi connectivity index (χ4n) is 4.21. The molecule has 8 heteroatoms. The fourth-order valence-corrected chi connectivity index (χ4v) is 5.24. The minimum Gasteiger partial charge on any atom is -0.378 e. The number of unbranched alkanes of at least 4 members (excludes halogenated alkanes) is 1. The van der Waals surface area contributed by atoms with Gasteiger partial charge >= 0.3 is 0 Å². The van der Waals surface area contributed by atoms with Gasteiger partial charge in [0.2, 0.25) is 5.91 Å². The van der Waals surface area contributed by atoms with Crippen LogP contribution in [0.3, 0.4) is 0 Å². The van der Waals surface area contributed by atoms with Crippen molar-refractivity contribution in [3.63, 3.8) is 0 Å². The van der Waals surface area contributed by atoms with E-state index in [1.165, 1.54) is 11.8 Å². The fraction of sp³-hybridized carbons (Fsp3) is 0.444. The van der Waals surface area contributed by atoms with Gasteiger partial charge in [-0.05, 0) is 55.7 Å². The van der Waals surface area contributed by atoms with E-state index in [4.69, 9.17) is 9.72 Å². The number of benzene rings is 2. The van der Waals surface area contributed by atoms with Crippen molar-refractivity contribution in [1.29, 1.82) is 0 Å². The number of aryl methyl sites for hydroxylation is 1. The van der Waals surface area contributed by atoms with Crippen LogP contribution in [0.25, 0.3) is 10.9 Å². The molecule has 1 aromatic heterocycles. The van der Waals surface area contributed by atoms with Crippen LogP contribution in [-0.4, -0.2) is 47.0 Å². The molecule has 7 nitrogen and oxygen atoms in total. The summed E-state index contributed by atoms with van der Waals surface area (Å²) in [5, 5.41) is 3.88. The summed E-state index contributed by atoms with van der Waals surface area (Å²) in [5.41, 5.74) is 3.50. The molecular weight excluding hydrogens is 460 g/mol. The number of nitrogens with zero attached hydrogens (tertiary/aromatic N) is 3. The Morgan fingerprint density at radius 1 is 1.17 bits per heavy atom. The smallest absolute Gasteiger partial charge is 0.262 e. The summed E-state index contributed by atoms with van der Waals surface area (Å²) in [7, 11) is 0. The molecule has 4 rings (SSSR count). The molecular formula is C27H34N4O3S. The number of amides is 1. The molecule has 0 bridgehead atoms. The van der Waals surface area contributed by atoms with E-state index in [2.05, 4.69) is 17.1 Å². The van der Waals surface area contributed by atoms with Crippen molar-refractivity contribution >= 4 is 39.9 Å². The quantitative estimate of drug-likeness (QED) is 0.339. The minimum atomic E-state index is -0.361. The maximum atomic E-state index is 13.6. The first kappa shape index (κ1) is 25.3. The lowest BCUT2D eigenvalue weighted by Gasteiger charge is -2.29. The normalized spacial score (nSPS) is 14.8. The van der Waals surface area contributed by atoms with Crippen LogP contribution in [-0.2, 0) is 16.1 Å². The number of fused-ring (bicyclic) bond motifs is 1. The van der Waals surface area contributed by atoms with E-state index < -0.39 is 0 Å². The van der Waals surface area contributed by atoms with E-state index in [1.807, 2.05) is 56.3 Å². The second-order valence-electron chi connectivity index (χ2n) is 8.88. The molecule has 2 aromatic carbocycles. The van der Waals surface area contributed by atoms with Gasteiger partial charge in [0.15, 0.2) is 5.16 Å². The number of hydrogen-bond acceptors (Lipinski definition) is 6. The predicted octanol–water partition coefficient (Wildman–Crippen LogP) is 4.85. The number of nitrogens with one attached hydrogen (secondary N) is 1. The van der Waals surface area contributed by atoms with E-state index in [1.54, 1.807) is 4.57 Å². The third-order valence-electron chi connectivity index (χ3n) is 6.21. The van der Waals surface area contributed by atoms with Crippen molar-refractivity contribution in [2.24, 2.45) is 0 Å². The van der Waals surface area contributed by atoms with Crippen molar-refractivity contribution in [2.45, 2.75) is 57.0 Å². The van der Waals surface area contributed by atoms with Gasteiger partial charge in [-0.3, -0.25) is 14.2 Å². The number of thioether (sulfide) groups is 1. The van der Waals surface area contributed by atoms with Crippen LogP contribution in [0.4, 0.5) is 11.4 Å². The Morgan fingerprint density at radius 2 is 1.97 bits per heavy atom. The molecule has 186 valence electrons. The van der Waals surface area contributed by atoms with Gasteiger partial charge in [-0.1, -0.05) is 44.2 Å². The second kappa shape index (κ2) is 11.7. The molecule has 1 atom stereocenters. The molecule has 1 saturated heterocycles. The van der Waals surface area contributed by atoms with Crippen LogP contribution in [0.5, 0.6) is 0 Å². The summed E-state index contributed by atoms with van der Waals surface area (Å²) < 4.78 is 7.22. The summed E-state index contributed by atoms with van der Waals surface area (Å²) in [5.74, 6) is -0.0813. The Bertz CT molecular complexity index is 1240.